The Hall–Kier alpha value is -0.610. The molecule has 0 bridgehead atoms. The molecule has 17 heavy (non-hydrogen) atoms. The molecule has 2 aliphatic carbocycles. The zero-order valence-electron chi connectivity index (χ0n) is 10.6. The molecule has 2 aliphatic rings. The van der Waals surface area contributed by atoms with Crippen LogP contribution in [0.5, 0.6) is 0 Å². The Morgan fingerprint density at radius 1 is 1.35 bits per heavy atom. The Morgan fingerprint density at radius 3 is 2.41 bits per heavy atom. The number of amides is 1. The van der Waals surface area contributed by atoms with Gasteiger partial charge in [0.1, 0.15) is 0 Å². The van der Waals surface area contributed by atoms with Gasteiger partial charge in [-0.15, -0.1) is 0 Å². The van der Waals surface area contributed by atoms with Crippen LogP contribution in [0.2, 0.25) is 0 Å². The molecule has 2 saturated carbocycles. The SMILES string of the molecule is CC1CC(CN)(C(=O)NC2CCC(O)CC2)C1. The molecule has 0 saturated heterocycles. The van der Waals surface area contributed by atoms with Crippen LogP contribution >= 0.6 is 0 Å². The molecule has 0 aromatic heterocycles. The summed E-state index contributed by atoms with van der Waals surface area (Å²) in [5.74, 6) is 0.761. The zero-order chi connectivity index (χ0) is 12.5. The molecule has 0 spiro atoms. The van der Waals surface area contributed by atoms with Crippen molar-refractivity contribution >= 4 is 5.91 Å². The summed E-state index contributed by atoms with van der Waals surface area (Å²) in [6, 6.07) is 0.241. The molecule has 4 heteroatoms. The second-order valence-corrected chi connectivity index (χ2v) is 5.98. The lowest BCUT2D eigenvalue weighted by molar-refractivity contribution is -0.139. The molecule has 4 N–H and O–H groups in total. The second-order valence-electron chi connectivity index (χ2n) is 5.98. The molecule has 0 aromatic rings. The largest absolute Gasteiger partial charge is 0.393 e. The lowest BCUT2D eigenvalue weighted by atomic mass is 9.62. The fourth-order valence-electron chi connectivity index (χ4n) is 3.28. The Bertz CT molecular complexity index is 279. The highest BCUT2D eigenvalue weighted by molar-refractivity contribution is 5.84. The number of hydrogen-bond acceptors (Lipinski definition) is 3. The monoisotopic (exact) mass is 240 g/mol. The number of carbonyl (C=O) groups is 1. The van der Waals surface area contributed by atoms with Crippen LogP contribution in [-0.2, 0) is 4.79 Å². The minimum atomic E-state index is -0.296. The van der Waals surface area contributed by atoms with E-state index in [1.54, 1.807) is 0 Å². The number of nitrogens with one attached hydrogen (secondary N) is 1. The van der Waals surface area contributed by atoms with E-state index in [4.69, 9.17) is 5.73 Å². The van der Waals surface area contributed by atoms with Crippen molar-refractivity contribution in [1.82, 2.24) is 5.32 Å². The fourth-order valence-corrected chi connectivity index (χ4v) is 3.28. The molecule has 4 nitrogen and oxygen atoms in total. The van der Waals surface area contributed by atoms with Crippen LogP contribution in [-0.4, -0.2) is 29.7 Å². The predicted octanol–water partition coefficient (Wildman–Crippen LogP) is 0.781. The topological polar surface area (TPSA) is 75.4 Å². The van der Waals surface area contributed by atoms with Crippen molar-refractivity contribution in [3.05, 3.63) is 0 Å². The summed E-state index contributed by atoms with van der Waals surface area (Å²) < 4.78 is 0. The van der Waals surface area contributed by atoms with Gasteiger partial charge in [-0.05, 0) is 44.4 Å². The number of nitrogens with two attached hydrogens (primary N) is 1. The minimum absolute atomic E-state index is 0.138. The van der Waals surface area contributed by atoms with Crippen molar-refractivity contribution in [2.45, 2.75) is 57.6 Å². The maximum atomic E-state index is 12.2. The van der Waals surface area contributed by atoms with Gasteiger partial charge in [-0.25, -0.2) is 0 Å². The third kappa shape index (κ3) is 2.63. The van der Waals surface area contributed by atoms with Gasteiger partial charge in [0.05, 0.1) is 11.5 Å². The Labute approximate surface area is 103 Å². The molecule has 0 atom stereocenters. The second kappa shape index (κ2) is 4.94. The summed E-state index contributed by atoms with van der Waals surface area (Å²) in [5, 5.41) is 12.6. The van der Waals surface area contributed by atoms with Gasteiger partial charge in [0, 0.05) is 12.6 Å². The van der Waals surface area contributed by atoms with Crippen LogP contribution in [0.25, 0.3) is 0 Å². The lowest BCUT2D eigenvalue weighted by Gasteiger charge is -2.45. The van der Waals surface area contributed by atoms with Gasteiger partial charge >= 0.3 is 0 Å². The van der Waals surface area contributed by atoms with Crippen LogP contribution in [0.15, 0.2) is 0 Å². The van der Waals surface area contributed by atoms with Crippen LogP contribution in [0.1, 0.15) is 45.4 Å². The third-order valence-corrected chi connectivity index (χ3v) is 4.38. The number of aliphatic hydroxyl groups excluding tert-OH is 1. The highest BCUT2D eigenvalue weighted by Crippen LogP contribution is 2.45. The van der Waals surface area contributed by atoms with Gasteiger partial charge < -0.3 is 16.2 Å². The third-order valence-electron chi connectivity index (χ3n) is 4.38. The molecule has 0 radical (unpaired) electrons. The summed E-state index contributed by atoms with van der Waals surface area (Å²) in [4.78, 5) is 12.2. The first kappa shape index (κ1) is 12.8. The van der Waals surface area contributed by atoms with E-state index in [2.05, 4.69) is 12.2 Å². The van der Waals surface area contributed by atoms with Crippen LogP contribution in [0, 0.1) is 11.3 Å². The quantitative estimate of drug-likeness (QED) is 0.682. The summed E-state index contributed by atoms with van der Waals surface area (Å²) in [6.07, 6.45) is 5.06. The summed E-state index contributed by atoms with van der Waals surface area (Å²) >= 11 is 0. The van der Waals surface area contributed by atoms with Crippen molar-refractivity contribution in [2.75, 3.05) is 6.54 Å². The van der Waals surface area contributed by atoms with Crippen molar-refractivity contribution in [3.8, 4) is 0 Å². The standard InChI is InChI=1S/C13H24N2O2/c1-9-6-13(7-9,8-14)12(17)15-10-2-4-11(16)5-3-10/h9-11,16H,2-8,14H2,1H3,(H,15,17). The molecule has 0 unspecified atom stereocenters. The minimum Gasteiger partial charge on any atom is -0.393 e. The van der Waals surface area contributed by atoms with Crippen molar-refractivity contribution < 1.29 is 9.90 Å². The first-order valence-electron chi connectivity index (χ1n) is 6.75. The van der Waals surface area contributed by atoms with E-state index in [0.717, 1.165) is 38.5 Å². The Kier molecular flexibility index (Phi) is 3.73. The summed E-state index contributed by atoms with van der Waals surface area (Å²) in [6.45, 7) is 2.62. The van der Waals surface area contributed by atoms with Crippen LogP contribution < -0.4 is 11.1 Å². The predicted molar refractivity (Wildman–Crippen MR) is 66.3 cm³/mol. The summed E-state index contributed by atoms with van der Waals surface area (Å²) in [7, 11) is 0. The maximum Gasteiger partial charge on any atom is 0.227 e. The van der Waals surface area contributed by atoms with Gasteiger partial charge in [-0.2, -0.15) is 0 Å². The number of carbonyl (C=O) groups excluding carboxylic acids is 1. The maximum absolute atomic E-state index is 12.2. The number of aliphatic hydroxyl groups is 1. The normalized spacial score (nSPS) is 41.7. The lowest BCUT2D eigenvalue weighted by Crippen LogP contribution is -2.55. The molecule has 0 aliphatic heterocycles. The van der Waals surface area contributed by atoms with Gasteiger partial charge in [-0.3, -0.25) is 4.79 Å². The van der Waals surface area contributed by atoms with Crippen molar-refractivity contribution in [2.24, 2.45) is 17.1 Å². The van der Waals surface area contributed by atoms with E-state index in [-0.39, 0.29) is 23.5 Å². The van der Waals surface area contributed by atoms with Gasteiger partial charge in [0.25, 0.3) is 0 Å². The van der Waals surface area contributed by atoms with Crippen LogP contribution in [0.4, 0.5) is 0 Å². The molecule has 98 valence electrons. The van der Waals surface area contributed by atoms with Gasteiger partial charge in [0.2, 0.25) is 5.91 Å². The molecular weight excluding hydrogens is 216 g/mol. The smallest absolute Gasteiger partial charge is 0.227 e. The Morgan fingerprint density at radius 2 is 1.94 bits per heavy atom. The van der Waals surface area contributed by atoms with E-state index in [0.29, 0.717) is 12.5 Å². The Balaban J connectivity index is 1.84. The highest BCUT2D eigenvalue weighted by Gasteiger charge is 2.47. The van der Waals surface area contributed by atoms with E-state index in [9.17, 15) is 9.90 Å². The molecule has 2 fully saturated rings. The van der Waals surface area contributed by atoms with Crippen molar-refractivity contribution in [1.29, 1.82) is 0 Å². The highest BCUT2D eigenvalue weighted by atomic mass is 16.3. The molecule has 0 aromatic carbocycles. The summed E-state index contributed by atoms with van der Waals surface area (Å²) in [5.41, 5.74) is 5.46. The first-order chi connectivity index (χ1) is 8.05. The van der Waals surface area contributed by atoms with E-state index < -0.39 is 0 Å². The van der Waals surface area contributed by atoms with Gasteiger partial charge in [-0.1, -0.05) is 6.92 Å². The average Bonchev–Trinajstić information content (AvgIpc) is 2.27. The van der Waals surface area contributed by atoms with E-state index in [1.165, 1.54) is 0 Å². The molecule has 1 amide bonds. The average molecular weight is 240 g/mol. The van der Waals surface area contributed by atoms with E-state index >= 15 is 0 Å². The molecule has 2 rings (SSSR count). The first-order valence-corrected chi connectivity index (χ1v) is 6.75. The number of hydrogen-bond donors (Lipinski definition) is 3. The molecular formula is C13H24N2O2. The number of rotatable bonds is 3. The van der Waals surface area contributed by atoms with E-state index in [1.807, 2.05) is 0 Å². The zero-order valence-corrected chi connectivity index (χ0v) is 10.6. The van der Waals surface area contributed by atoms with Crippen molar-refractivity contribution in [3.63, 3.8) is 0 Å². The van der Waals surface area contributed by atoms with Gasteiger partial charge in [0.15, 0.2) is 0 Å². The molecule has 0 heterocycles. The van der Waals surface area contributed by atoms with Crippen LogP contribution in [0.3, 0.4) is 0 Å². The fraction of sp³-hybridized carbons (Fsp3) is 0.923.